The van der Waals surface area contributed by atoms with Gasteiger partial charge in [0.2, 0.25) is 0 Å². The lowest BCUT2D eigenvalue weighted by Gasteiger charge is -2.04. The molecule has 0 aliphatic heterocycles. The fraction of sp³-hybridized carbons (Fsp3) is 0.182. The van der Waals surface area contributed by atoms with Crippen LogP contribution in [-0.2, 0) is 6.54 Å². The highest BCUT2D eigenvalue weighted by atomic mass is 16.1. The fourth-order valence-corrected chi connectivity index (χ4v) is 1.36. The predicted octanol–water partition coefficient (Wildman–Crippen LogP) is 1.04. The van der Waals surface area contributed by atoms with E-state index in [2.05, 4.69) is 20.5 Å². The lowest BCUT2D eigenvalue weighted by atomic mass is 10.2. The number of hydrogen-bond donors (Lipinski definition) is 2. The maximum Gasteiger partial charge on any atom is 0.270 e. The Hall–Kier alpha value is -2.17. The van der Waals surface area contributed by atoms with Crippen molar-refractivity contribution in [3.8, 4) is 0 Å². The first-order chi connectivity index (χ1) is 7.77. The van der Waals surface area contributed by atoms with Crippen molar-refractivity contribution in [2.45, 2.75) is 13.5 Å². The van der Waals surface area contributed by atoms with Crippen molar-refractivity contribution >= 4 is 5.91 Å². The molecule has 0 radical (unpaired) electrons. The summed E-state index contributed by atoms with van der Waals surface area (Å²) in [5, 5.41) is 9.27. The molecule has 0 atom stereocenters. The van der Waals surface area contributed by atoms with Crippen LogP contribution in [0.3, 0.4) is 0 Å². The normalized spacial score (nSPS) is 10.1. The van der Waals surface area contributed by atoms with Crippen molar-refractivity contribution in [1.82, 2.24) is 20.5 Å². The number of amides is 1. The van der Waals surface area contributed by atoms with E-state index < -0.39 is 0 Å². The molecule has 0 bridgehead atoms. The number of hydrogen-bond acceptors (Lipinski definition) is 3. The van der Waals surface area contributed by atoms with E-state index >= 15 is 0 Å². The summed E-state index contributed by atoms with van der Waals surface area (Å²) in [7, 11) is 0. The van der Waals surface area contributed by atoms with Gasteiger partial charge in [0.25, 0.3) is 5.91 Å². The van der Waals surface area contributed by atoms with E-state index in [0.29, 0.717) is 12.2 Å². The van der Waals surface area contributed by atoms with Gasteiger partial charge in [0.1, 0.15) is 5.69 Å². The zero-order chi connectivity index (χ0) is 11.4. The molecular formula is C11H12N4O. The SMILES string of the molecule is Cc1cccnc1C(=O)NCc1cn[nH]c1. The van der Waals surface area contributed by atoms with Gasteiger partial charge in [0.05, 0.1) is 6.20 Å². The molecule has 0 aliphatic rings. The van der Waals surface area contributed by atoms with Crippen LogP contribution in [-0.4, -0.2) is 21.1 Å². The third-order valence-corrected chi connectivity index (χ3v) is 2.23. The molecule has 1 amide bonds. The molecule has 82 valence electrons. The summed E-state index contributed by atoms with van der Waals surface area (Å²) in [4.78, 5) is 15.8. The second-order valence-corrected chi connectivity index (χ2v) is 3.46. The van der Waals surface area contributed by atoms with Crippen LogP contribution in [0.4, 0.5) is 0 Å². The molecule has 0 aromatic carbocycles. The number of pyridine rings is 1. The quantitative estimate of drug-likeness (QED) is 0.805. The molecule has 0 saturated heterocycles. The molecule has 5 heteroatoms. The molecule has 2 aromatic heterocycles. The summed E-state index contributed by atoms with van der Waals surface area (Å²) >= 11 is 0. The number of H-pyrrole nitrogens is 1. The molecule has 16 heavy (non-hydrogen) atoms. The van der Waals surface area contributed by atoms with Gasteiger partial charge < -0.3 is 5.32 Å². The third kappa shape index (κ3) is 2.25. The zero-order valence-electron chi connectivity index (χ0n) is 8.90. The Balaban J connectivity index is 2.01. The molecule has 0 spiro atoms. The summed E-state index contributed by atoms with van der Waals surface area (Å²) in [6.07, 6.45) is 5.02. The summed E-state index contributed by atoms with van der Waals surface area (Å²) < 4.78 is 0. The second-order valence-electron chi connectivity index (χ2n) is 3.46. The van der Waals surface area contributed by atoms with E-state index in [9.17, 15) is 4.79 Å². The number of carbonyl (C=O) groups excluding carboxylic acids is 1. The lowest BCUT2D eigenvalue weighted by molar-refractivity contribution is 0.0945. The van der Waals surface area contributed by atoms with Crippen LogP contribution in [0.5, 0.6) is 0 Å². The Morgan fingerprint density at radius 2 is 2.44 bits per heavy atom. The molecule has 5 nitrogen and oxygen atoms in total. The minimum absolute atomic E-state index is 0.167. The minimum atomic E-state index is -0.167. The van der Waals surface area contributed by atoms with E-state index in [0.717, 1.165) is 11.1 Å². The van der Waals surface area contributed by atoms with E-state index in [1.807, 2.05) is 19.1 Å². The maximum absolute atomic E-state index is 11.8. The van der Waals surface area contributed by atoms with Crippen molar-refractivity contribution in [1.29, 1.82) is 0 Å². The monoisotopic (exact) mass is 216 g/mol. The highest BCUT2D eigenvalue weighted by Crippen LogP contribution is 2.03. The van der Waals surface area contributed by atoms with Gasteiger partial charge in [-0.05, 0) is 18.6 Å². The Kier molecular flexibility index (Phi) is 2.95. The number of aromatic nitrogens is 3. The van der Waals surface area contributed by atoms with Crippen LogP contribution >= 0.6 is 0 Å². The number of aromatic amines is 1. The van der Waals surface area contributed by atoms with Gasteiger partial charge in [-0.3, -0.25) is 14.9 Å². The van der Waals surface area contributed by atoms with Gasteiger partial charge >= 0.3 is 0 Å². The van der Waals surface area contributed by atoms with Crippen molar-refractivity contribution in [3.05, 3.63) is 47.5 Å². The molecule has 2 N–H and O–H groups in total. The molecule has 2 aromatic rings. The maximum atomic E-state index is 11.8. The first kappa shape index (κ1) is 10.4. The number of nitrogens with one attached hydrogen (secondary N) is 2. The Bertz CT molecular complexity index is 478. The molecule has 2 heterocycles. The van der Waals surface area contributed by atoms with Crippen molar-refractivity contribution < 1.29 is 4.79 Å². The second kappa shape index (κ2) is 4.57. The van der Waals surface area contributed by atoms with Crippen LogP contribution in [0.25, 0.3) is 0 Å². The molecular weight excluding hydrogens is 204 g/mol. The summed E-state index contributed by atoms with van der Waals surface area (Å²) in [6, 6.07) is 3.67. The topological polar surface area (TPSA) is 70.7 Å². The van der Waals surface area contributed by atoms with Gasteiger partial charge in [0, 0.05) is 24.5 Å². The van der Waals surface area contributed by atoms with Crippen molar-refractivity contribution in [2.75, 3.05) is 0 Å². The smallest absolute Gasteiger partial charge is 0.270 e. The van der Waals surface area contributed by atoms with Gasteiger partial charge in [0.15, 0.2) is 0 Å². The first-order valence-corrected chi connectivity index (χ1v) is 4.95. The standard InChI is InChI=1S/C11H12N4O/c1-8-3-2-4-12-10(8)11(16)13-5-9-6-14-15-7-9/h2-4,6-7H,5H2,1H3,(H,13,16)(H,14,15). The van der Waals surface area contributed by atoms with Crippen molar-refractivity contribution in [2.24, 2.45) is 0 Å². The van der Waals surface area contributed by atoms with E-state index in [1.165, 1.54) is 0 Å². The van der Waals surface area contributed by atoms with Gasteiger partial charge in [-0.2, -0.15) is 5.10 Å². The average Bonchev–Trinajstić information content (AvgIpc) is 2.79. The summed E-state index contributed by atoms with van der Waals surface area (Å²) in [6.45, 7) is 2.31. The molecule has 0 fully saturated rings. The molecule has 2 rings (SSSR count). The largest absolute Gasteiger partial charge is 0.346 e. The minimum Gasteiger partial charge on any atom is -0.346 e. The number of aryl methyl sites for hydroxylation is 1. The van der Waals surface area contributed by atoms with Crippen LogP contribution < -0.4 is 5.32 Å². The number of rotatable bonds is 3. The molecule has 0 aliphatic carbocycles. The van der Waals surface area contributed by atoms with Gasteiger partial charge in [-0.15, -0.1) is 0 Å². The van der Waals surface area contributed by atoms with E-state index in [-0.39, 0.29) is 5.91 Å². The Labute approximate surface area is 92.9 Å². The van der Waals surface area contributed by atoms with Crippen molar-refractivity contribution in [3.63, 3.8) is 0 Å². The number of carbonyl (C=O) groups is 1. The lowest BCUT2D eigenvalue weighted by Crippen LogP contribution is -2.24. The average molecular weight is 216 g/mol. The predicted molar refractivity (Wildman–Crippen MR) is 58.7 cm³/mol. The van der Waals surface area contributed by atoms with Crippen LogP contribution in [0.15, 0.2) is 30.7 Å². The third-order valence-electron chi connectivity index (χ3n) is 2.23. The molecule has 0 saturated carbocycles. The number of nitrogens with zero attached hydrogens (tertiary/aromatic N) is 2. The van der Waals surface area contributed by atoms with Crippen LogP contribution in [0, 0.1) is 6.92 Å². The highest BCUT2D eigenvalue weighted by molar-refractivity contribution is 5.93. The Morgan fingerprint density at radius 1 is 1.56 bits per heavy atom. The fourth-order valence-electron chi connectivity index (χ4n) is 1.36. The van der Waals surface area contributed by atoms with Gasteiger partial charge in [-0.25, -0.2) is 0 Å². The van der Waals surface area contributed by atoms with E-state index in [4.69, 9.17) is 0 Å². The highest BCUT2D eigenvalue weighted by Gasteiger charge is 2.09. The van der Waals surface area contributed by atoms with Crippen LogP contribution in [0.1, 0.15) is 21.6 Å². The first-order valence-electron chi connectivity index (χ1n) is 4.95. The molecule has 0 unspecified atom stereocenters. The summed E-state index contributed by atoms with van der Waals surface area (Å²) in [5.74, 6) is -0.167. The van der Waals surface area contributed by atoms with E-state index in [1.54, 1.807) is 18.6 Å². The van der Waals surface area contributed by atoms with Crippen LogP contribution in [0.2, 0.25) is 0 Å². The Morgan fingerprint density at radius 3 is 3.12 bits per heavy atom. The summed E-state index contributed by atoms with van der Waals surface area (Å²) in [5.41, 5.74) is 2.26. The zero-order valence-corrected chi connectivity index (χ0v) is 8.90. The van der Waals surface area contributed by atoms with Gasteiger partial charge in [-0.1, -0.05) is 6.07 Å².